The summed E-state index contributed by atoms with van der Waals surface area (Å²) in [4.78, 5) is 4.02. The third-order valence-corrected chi connectivity index (χ3v) is 1.21. The Bertz CT molecular complexity index is 233. The van der Waals surface area contributed by atoms with Gasteiger partial charge in [0.2, 0.25) is 0 Å². The number of hydrogen-bond donors (Lipinski definition) is 0. The van der Waals surface area contributed by atoms with E-state index in [-0.39, 0.29) is 49.2 Å². The van der Waals surface area contributed by atoms with Crippen LogP contribution in [0, 0.1) is 50.1 Å². The predicted octanol–water partition coefficient (Wildman–Crippen LogP) is 4.77. The van der Waals surface area contributed by atoms with Gasteiger partial charge in [-0.1, -0.05) is 26.5 Å². The van der Waals surface area contributed by atoms with Gasteiger partial charge in [0.15, 0.2) is 0 Å². The first-order chi connectivity index (χ1) is 5.70. The Labute approximate surface area is 123 Å². The van der Waals surface area contributed by atoms with Crippen molar-refractivity contribution in [3.63, 3.8) is 0 Å². The number of rotatable bonds is 1. The van der Waals surface area contributed by atoms with Crippen molar-refractivity contribution < 1.29 is 19.5 Å². The number of nitrogens with zero attached hydrogens (tertiary/aromatic N) is 1. The van der Waals surface area contributed by atoms with Gasteiger partial charge >= 0.3 is 19.5 Å². The molecule has 100 valence electrons. The Hall–Kier alpha value is -0.617. The van der Waals surface area contributed by atoms with E-state index in [1.165, 1.54) is 11.6 Å². The predicted molar refractivity (Wildman–Crippen MR) is 78.6 cm³/mol. The largest absolute Gasteiger partial charge is 6.00 e. The Kier molecular flexibility index (Phi) is 52.0. The number of hydrogen-bond acceptors (Lipinski definition) is 1. The van der Waals surface area contributed by atoms with Crippen LogP contribution < -0.4 is 0 Å². The van der Waals surface area contributed by atoms with E-state index in [9.17, 15) is 0 Å². The summed E-state index contributed by atoms with van der Waals surface area (Å²) >= 11 is 0. The molecule has 0 saturated carbocycles. The third kappa shape index (κ3) is 25.6. The molecule has 2 heteroatoms. The molecule has 17 heavy (non-hydrogen) atoms. The van der Waals surface area contributed by atoms with Gasteiger partial charge in [-0.3, -0.25) is 6.58 Å². The molecule has 0 unspecified atom stereocenters. The molecule has 0 aromatic carbocycles. The van der Waals surface area contributed by atoms with Crippen molar-refractivity contribution in [1.29, 1.82) is 0 Å². The summed E-state index contributed by atoms with van der Waals surface area (Å²) in [6.07, 6.45) is 7.02. The smallest absolute Gasteiger partial charge is 0.399 e. The number of aryl methyl sites for hydroxylation is 2. The monoisotopic (exact) mass is 323 g/mol. The molecule has 0 aliphatic rings. The average molecular weight is 322 g/mol. The molecular weight excluding hydrogens is 295 g/mol. The molecule has 0 spiro atoms. The quantitative estimate of drug-likeness (QED) is 0.412. The Morgan fingerprint density at radius 2 is 1.71 bits per heavy atom. The zero-order chi connectivity index (χ0) is 9.40. The molecule has 0 atom stereocenters. The molecule has 0 amide bonds. The van der Waals surface area contributed by atoms with Crippen molar-refractivity contribution in [2.75, 3.05) is 0 Å². The summed E-state index contributed by atoms with van der Waals surface area (Å²) in [5.74, 6) is 0. The van der Waals surface area contributed by atoms with Gasteiger partial charge in [-0.2, -0.15) is 17.7 Å². The van der Waals surface area contributed by atoms with Crippen LogP contribution in [-0.4, -0.2) is 4.98 Å². The van der Waals surface area contributed by atoms with Gasteiger partial charge in [0, 0.05) is 0 Å². The van der Waals surface area contributed by atoms with E-state index >= 15 is 0 Å². The molecule has 1 aromatic heterocycles. The van der Waals surface area contributed by atoms with Crippen LogP contribution >= 0.6 is 0 Å². The van der Waals surface area contributed by atoms with E-state index in [0.717, 1.165) is 5.69 Å². The van der Waals surface area contributed by atoms with Crippen LogP contribution in [0.4, 0.5) is 0 Å². The molecule has 0 N–H and O–H groups in total. The molecule has 1 rings (SSSR count). The van der Waals surface area contributed by atoms with Crippen LogP contribution in [0.25, 0.3) is 0 Å². The summed E-state index contributed by atoms with van der Waals surface area (Å²) in [5.41, 5.74) is 2.36. The fraction of sp³-hybridized carbons (Fsp3) is 0.200. The SMILES string of the molecule is Cc1cn[c-](C)c1.[CH-]=CC=CC.[CH3-].[CH3-].[CH3-].[CH3-].[Ru+6]. The second-order valence-electron chi connectivity index (χ2n) is 2.51. The Morgan fingerprint density at radius 1 is 1.24 bits per heavy atom. The molecule has 1 nitrogen and oxygen atoms in total. The van der Waals surface area contributed by atoms with Gasteiger partial charge in [0.25, 0.3) is 0 Å². The fourth-order valence-corrected chi connectivity index (χ4v) is 0.719. The number of allylic oxidation sites excluding steroid dienone is 3. The molecule has 0 radical (unpaired) electrons. The summed E-state index contributed by atoms with van der Waals surface area (Å²) in [6, 6.07) is 2.06. The molecule has 1 heterocycles. The molecule has 1 aromatic rings. The molecule has 0 saturated heterocycles. The van der Waals surface area contributed by atoms with E-state index in [0.29, 0.717) is 0 Å². The van der Waals surface area contributed by atoms with Crippen molar-refractivity contribution in [2.24, 2.45) is 0 Å². The zero-order valence-corrected chi connectivity index (χ0v) is 14.0. The first-order valence-corrected chi connectivity index (χ1v) is 3.93. The van der Waals surface area contributed by atoms with Crippen LogP contribution in [-0.2, 0) is 19.5 Å². The van der Waals surface area contributed by atoms with E-state index in [4.69, 9.17) is 6.58 Å². The van der Waals surface area contributed by atoms with E-state index in [1.807, 2.05) is 33.0 Å². The third-order valence-electron chi connectivity index (χ3n) is 1.21. The Balaban J connectivity index is -0.0000000284. The first-order valence-electron chi connectivity index (χ1n) is 3.93. The molecule has 0 fully saturated rings. The van der Waals surface area contributed by atoms with Crippen LogP contribution in [0.5, 0.6) is 0 Å². The first kappa shape index (κ1) is 36.0. The fourth-order valence-electron chi connectivity index (χ4n) is 0.719. The van der Waals surface area contributed by atoms with Crippen molar-refractivity contribution in [3.8, 4) is 0 Å². The molecule has 0 aliphatic carbocycles. The van der Waals surface area contributed by atoms with E-state index < -0.39 is 0 Å². The molecule has 0 aliphatic heterocycles. The van der Waals surface area contributed by atoms with Crippen LogP contribution in [0.1, 0.15) is 18.2 Å². The number of aromatic nitrogens is 1. The molecular formula is C15H27NRu. The zero-order valence-electron chi connectivity index (χ0n) is 12.3. The minimum absolute atomic E-state index is 0. The summed E-state index contributed by atoms with van der Waals surface area (Å²) in [7, 11) is 0. The van der Waals surface area contributed by atoms with Gasteiger partial charge < -0.3 is 34.7 Å². The average Bonchev–Trinajstić information content (AvgIpc) is 2.38. The van der Waals surface area contributed by atoms with Gasteiger partial charge in [0.05, 0.1) is 0 Å². The minimum Gasteiger partial charge on any atom is -0.399 e. The van der Waals surface area contributed by atoms with Gasteiger partial charge in [-0.15, -0.1) is 6.20 Å². The van der Waals surface area contributed by atoms with Crippen molar-refractivity contribution in [2.45, 2.75) is 20.8 Å². The van der Waals surface area contributed by atoms with Crippen molar-refractivity contribution in [1.82, 2.24) is 4.98 Å². The normalized spacial score (nSPS) is 6.53. The topological polar surface area (TPSA) is 12.9 Å². The Morgan fingerprint density at radius 3 is 1.76 bits per heavy atom. The standard InChI is InChI=1S/C6H8N.C5H7.4CH3.Ru/c1-5-3-6(2)7-4-5;1-3-5-4-2;;;;;/h3-4H,1-2H3;1,3-5H,2H3;4*1H3;/q6*-1;+6. The summed E-state index contributed by atoms with van der Waals surface area (Å²) < 4.78 is 0. The summed E-state index contributed by atoms with van der Waals surface area (Å²) in [5, 5.41) is 0. The minimum atomic E-state index is 0. The van der Waals surface area contributed by atoms with Crippen molar-refractivity contribution in [3.05, 3.63) is 78.0 Å². The van der Waals surface area contributed by atoms with Crippen LogP contribution in [0.15, 0.2) is 30.5 Å². The second-order valence-corrected chi connectivity index (χ2v) is 2.51. The van der Waals surface area contributed by atoms with Gasteiger partial charge in [-0.25, -0.2) is 12.2 Å². The maximum absolute atomic E-state index is 4.93. The maximum Gasteiger partial charge on any atom is 6.00 e. The van der Waals surface area contributed by atoms with Gasteiger partial charge in [0.1, 0.15) is 0 Å². The maximum atomic E-state index is 4.93. The van der Waals surface area contributed by atoms with Crippen LogP contribution in [0.3, 0.4) is 0 Å². The van der Waals surface area contributed by atoms with E-state index in [2.05, 4.69) is 11.1 Å². The van der Waals surface area contributed by atoms with Gasteiger partial charge in [-0.05, 0) is 0 Å². The van der Waals surface area contributed by atoms with Crippen molar-refractivity contribution >= 4 is 0 Å². The second kappa shape index (κ2) is 24.6. The van der Waals surface area contributed by atoms with E-state index in [1.54, 1.807) is 6.08 Å². The van der Waals surface area contributed by atoms with Crippen LogP contribution in [0.2, 0.25) is 0 Å². The molecule has 0 bridgehead atoms. The summed E-state index contributed by atoms with van der Waals surface area (Å²) in [6.45, 7) is 10.9.